The summed E-state index contributed by atoms with van der Waals surface area (Å²) < 4.78 is 5.23. The fraction of sp³-hybridized carbons (Fsp3) is 0.429. The van der Waals surface area contributed by atoms with Gasteiger partial charge in [-0.15, -0.1) is 0 Å². The van der Waals surface area contributed by atoms with Crippen LogP contribution in [0.25, 0.3) is 0 Å². The second-order valence-corrected chi connectivity index (χ2v) is 5.08. The number of hydrogen-bond donors (Lipinski definition) is 1. The van der Waals surface area contributed by atoms with Gasteiger partial charge in [-0.2, -0.15) is 0 Å². The van der Waals surface area contributed by atoms with Gasteiger partial charge in [-0.05, 0) is 30.7 Å². The molecule has 1 N–H and O–H groups in total. The van der Waals surface area contributed by atoms with Gasteiger partial charge in [0.1, 0.15) is 6.10 Å². The van der Waals surface area contributed by atoms with Crippen LogP contribution in [0.15, 0.2) is 24.3 Å². The van der Waals surface area contributed by atoms with Gasteiger partial charge >= 0.3 is 6.09 Å². The molecule has 0 spiro atoms. The molecule has 6 heteroatoms. The van der Waals surface area contributed by atoms with E-state index >= 15 is 0 Å². The van der Waals surface area contributed by atoms with Gasteiger partial charge in [-0.25, -0.2) is 4.79 Å². The van der Waals surface area contributed by atoms with Crippen LogP contribution < -0.4 is 10.2 Å². The average molecular weight is 297 g/mol. The van der Waals surface area contributed by atoms with Crippen LogP contribution in [0.1, 0.15) is 19.8 Å². The van der Waals surface area contributed by atoms with Gasteiger partial charge < -0.3 is 10.1 Å². The van der Waals surface area contributed by atoms with Crippen molar-refractivity contribution in [3.05, 3.63) is 29.3 Å². The molecule has 1 aliphatic heterocycles. The summed E-state index contributed by atoms with van der Waals surface area (Å²) in [7, 11) is 0. The van der Waals surface area contributed by atoms with E-state index < -0.39 is 6.09 Å². The number of cyclic esters (lactones) is 1. The van der Waals surface area contributed by atoms with Crippen molar-refractivity contribution in [3.8, 4) is 0 Å². The van der Waals surface area contributed by atoms with Crippen LogP contribution >= 0.6 is 11.6 Å². The van der Waals surface area contributed by atoms with Crippen molar-refractivity contribution < 1.29 is 14.3 Å². The molecule has 0 aromatic heterocycles. The van der Waals surface area contributed by atoms with Gasteiger partial charge in [0.05, 0.1) is 13.1 Å². The van der Waals surface area contributed by atoms with Crippen molar-refractivity contribution in [3.63, 3.8) is 0 Å². The van der Waals surface area contributed by atoms with Crippen LogP contribution in [-0.2, 0) is 9.53 Å². The summed E-state index contributed by atoms with van der Waals surface area (Å²) in [5.74, 6) is -0.0199. The summed E-state index contributed by atoms with van der Waals surface area (Å²) >= 11 is 5.82. The molecule has 1 unspecified atom stereocenters. The molecule has 1 saturated heterocycles. The van der Waals surface area contributed by atoms with Crippen LogP contribution in [0.3, 0.4) is 0 Å². The van der Waals surface area contributed by atoms with E-state index in [1.807, 2.05) is 6.92 Å². The Labute approximate surface area is 122 Å². The van der Waals surface area contributed by atoms with Gasteiger partial charge in [-0.1, -0.05) is 18.5 Å². The van der Waals surface area contributed by atoms with E-state index in [1.165, 1.54) is 4.90 Å². The second kappa shape index (κ2) is 6.61. The van der Waals surface area contributed by atoms with Crippen LogP contribution in [0, 0.1) is 0 Å². The van der Waals surface area contributed by atoms with Gasteiger partial charge in [0.2, 0.25) is 5.91 Å². The Kier molecular flexibility index (Phi) is 4.84. The van der Waals surface area contributed by atoms with Crippen LogP contribution in [0.2, 0.25) is 5.02 Å². The Morgan fingerprint density at radius 3 is 2.80 bits per heavy atom. The number of nitrogens with zero attached hydrogens (tertiary/aromatic N) is 1. The van der Waals surface area contributed by atoms with Crippen molar-refractivity contribution in [1.82, 2.24) is 5.32 Å². The highest BCUT2D eigenvalue weighted by atomic mass is 35.5. The lowest BCUT2D eigenvalue weighted by Crippen LogP contribution is -2.34. The Morgan fingerprint density at radius 1 is 1.45 bits per heavy atom. The highest BCUT2D eigenvalue weighted by Crippen LogP contribution is 2.23. The summed E-state index contributed by atoms with van der Waals surface area (Å²) in [6, 6.07) is 6.98. The van der Waals surface area contributed by atoms with Crippen molar-refractivity contribution in [2.75, 3.05) is 18.0 Å². The van der Waals surface area contributed by atoms with Crippen molar-refractivity contribution in [2.45, 2.75) is 25.9 Å². The second-order valence-electron chi connectivity index (χ2n) is 4.65. The molecule has 0 bridgehead atoms. The number of nitrogens with one attached hydrogen (secondary N) is 1. The third-order valence-electron chi connectivity index (χ3n) is 3.02. The Bertz CT molecular complexity index is 490. The van der Waals surface area contributed by atoms with E-state index in [-0.39, 0.29) is 12.0 Å². The first-order valence-electron chi connectivity index (χ1n) is 6.60. The predicted molar refractivity (Wildman–Crippen MR) is 77.0 cm³/mol. The lowest BCUT2D eigenvalue weighted by Gasteiger charge is -2.13. The summed E-state index contributed by atoms with van der Waals surface area (Å²) in [5.41, 5.74) is 0.738. The van der Waals surface area contributed by atoms with Gasteiger partial charge in [0.15, 0.2) is 0 Å². The summed E-state index contributed by atoms with van der Waals surface area (Å²) in [5, 5.41) is 3.38. The number of halogens is 1. The molecular formula is C14H17ClN2O3. The fourth-order valence-electron chi connectivity index (χ4n) is 2.00. The molecule has 0 aliphatic carbocycles. The highest BCUT2D eigenvalue weighted by molar-refractivity contribution is 6.30. The van der Waals surface area contributed by atoms with E-state index in [4.69, 9.17) is 16.3 Å². The Hall–Kier alpha value is -1.75. The van der Waals surface area contributed by atoms with E-state index in [0.717, 1.165) is 12.1 Å². The van der Waals surface area contributed by atoms with Crippen LogP contribution in [-0.4, -0.2) is 31.2 Å². The van der Waals surface area contributed by atoms with Crippen molar-refractivity contribution in [1.29, 1.82) is 0 Å². The number of benzene rings is 1. The third kappa shape index (κ3) is 3.63. The van der Waals surface area contributed by atoms with E-state index in [0.29, 0.717) is 24.5 Å². The first kappa shape index (κ1) is 14.7. The number of carbonyl (C=O) groups excluding carboxylic acids is 2. The molecule has 20 heavy (non-hydrogen) atoms. The normalized spacial score (nSPS) is 18.0. The van der Waals surface area contributed by atoms with E-state index in [1.54, 1.807) is 24.3 Å². The molecule has 2 amide bonds. The third-order valence-corrected chi connectivity index (χ3v) is 3.27. The first-order valence-corrected chi connectivity index (χ1v) is 6.98. The molecule has 5 nitrogen and oxygen atoms in total. The molecule has 1 fully saturated rings. The first-order chi connectivity index (χ1) is 9.60. The Balaban J connectivity index is 1.90. The molecule has 0 radical (unpaired) electrons. The fourth-order valence-corrected chi connectivity index (χ4v) is 2.13. The maximum atomic E-state index is 11.8. The number of rotatable bonds is 5. The lowest BCUT2D eigenvalue weighted by molar-refractivity contribution is -0.121. The molecule has 1 aromatic rings. The molecule has 1 atom stereocenters. The topological polar surface area (TPSA) is 58.6 Å². The lowest BCUT2D eigenvalue weighted by atomic mass is 10.2. The molecule has 1 aromatic carbocycles. The quantitative estimate of drug-likeness (QED) is 0.908. The minimum absolute atomic E-state index is 0.0199. The zero-order valence-electron chi connectivity index (χ0n) is 11.3. The van der Waals surface area contributed by atoms with Gasteiger partial charge in [-0.3, -0.25) is 9.69 Å². The molecule has 1 heterocycles. The highest BCUT2D eigenvalue weighted by Gasteiger charge is 2.32. The van der Waals surface area contributed by atoms with Crippen molar-refractivity contribution >= 4 is 29.3 Å². The number of hydrogen-bond acceptors (Lipinski definition) is 3. The summed E-state index contributed by atoms with van der Waals surface area (Å²) in [6.45, 7) is 2.71. The predicted octanol–water partition coefficient (Wildman–Crippen LogP) is 2.58. The van der Waals surface area contributed by atoms with Crippen LogP contribution in [0.4, 0.5) is 10.5 Å². The largest absolute Gasteiger partial charge is 0.442 e. The molecule has 108 valence electrons. The zero-order valence-corrected chi connectivity index (χ0v) is 12.0. The SMILES string of the molecule is CCCC(=O)NCC1CN(c2ccc(Cl)cc2)C(=O)O1. The molecule has 0 saturated carbocycles. The maximum Gasteiger partial charge on any atom is 0.414 e. The van der Waals surface area contributed by atoms with Gasteiger partial charge in [0.25, 0.3) is 0 Å². The molecule has 1 aliphatic rings. The van der Waals surface area contributed by atoms with Gasteiger partial charge in [0, 0.05) is 17.1 Å². The maximum absolute atomic E-state index is 11.8. The minimum Gasteiger partial charge on any atom is -0.442 e. The van der Waals surface area contributed by atoms with Crippen LogP contribution in [0.5, 0.6) is 0 Å². The van der Waals surface area contributed by atoms with Crippen molar-refractivity contribution in [2.24, 2.45) is 0 Å². The van der Waals surface area contributed by atoms with E-state index in [2.05, 4.69) is 5.32 Å². The number of amides is 2. The smallest absolute Gasteiger partial charge is 0.414 e. The number of carbonyl (C=O) groups is 2. The Morgan fingerprint density at radius 2 is 2.15 bits per heavy atom. The van der Waals surface area contributed by atoms with E-state index in [9.17, 15) is 9.59 Å². The summed E-state index contributed by atoms with van der Waals surface area (Å²) in [4.78, 5) is 24.7. The monoisotopic (exact) mass is 296 g/mol. The number of anilines is 1. The molecule has 2 rings (SSSR count). The number of ether oxygens (including phenoxy) is 1. The summed E-state index contributed by atoms with van der Waals surface area (Å²) in [6.07, 6.45) is 0.565. The zero-order chi connectivity index (χ0) is 14.5. The molecular weight excluding hydrogens is 280 g/mol. The minimum atomic E-state index is -0.401. The standard InChI is InChI=1S/C14H17ClN2O3/c1-2-3-13(18)16-8-12-9-17(14(19)20-12)11-6-4-10(15)5-7-11/h4-7,12H,2-3,8-9H2,1H3,(H,16,18). The average Bonchev–Trinajstić information content (AvgIpc) is 2.79.